The number of aromatic nitrogens is 2. The molecule has 2 aromatic rings. The summed E-state index contributed by atoms with van der Waals surface area (Å²) >= 11 is 6.03. The highest BCUT2D eigenvalue weighted by Crippen LogP contribution is 2.23. The molecular formula is C14H18ClN3O. The molecule has 0 saturated heterocycles. The van der Waals surface area contributed by atoms with Gasteiger partial charge in [-0.15, -0.1) is 0 Å². The Bertz CT molecular complexity index is 578. The molecule has 0 bridgehead atoms. The monoisotopic (exact) mass is 279 g/mol. The van der Waals surface area contributed by atoms with Crippen molar-refractivity contribution in [3.8, 4) is 5.75 Å². The van der Waals surface area contributed by atoms with E-state index in [0.29, 0.717) is 17.4 Å². The van der Waals surface area contributed by atoms with E-state index in [9.17, 15) is 0 Å². The Morgan fingerprint density at radius 2 is 2.16 bits per heavy atom. The van der Waals surface area contributed by atoms with Crippen LogP contribution in [0.5, 0.6) is 5.75 Å². The number of anilines is 1. The Balaban J connectivity index is 2.21. The topological polar surface area (TPSA) is 53.1 Å². The van der Waals surface area contributed by atoms with Crippen LogP contribution in [0.2, 0.25) is 5.02 Å². The molecule has 0 aliphatic rings. The molecule has 0 radical (unpaired) electrons. The van der Waals surface area contributed by atoms with Crippen LogP contribution in [0.25, 0.3) is 0 Å². The van der Waals surface area contributed by atoms with Crippen LogP contribution in [0.4, 0.5) is 5.82 Å². The number of hydrogen-bond acceptors (Lipinski definition) is 3. The highest BCUT2D eigenvalue weighted by molar-refractivity contribution is 6.33. The molecule has 2 N–H and O–H groups in total. The van der Waals surface area contributed by atoms with Crippen molar-refractivity contribution < 1.29 is 4.74 Å². The first-order chi connectivity index (χ1) is 8.97. The molecular weight excluding hydrogens is 262 g/mol. The summed E-state index contributed by atoms with van der Waals surface area (Å²) in [5.41, 5.74) is 7.72. The van der Waals surface area contributed by atoms with Gasteiger partial charge in [0.2, 0.25) is 0 Å². The van der Waals surface area contributed by atoms with Gasteiger partial charge in [0, 0.05) is 0 Å². The van der Waals surface area contributed by atoms with Gasteiger partial charge in [0.25, 0.3) is 0 Å². The van der Waals surface area contributed by atoms with E-state index in [0.717, 1.165) is 17.0 Å². The van der Waals surface area contributed by atoms with Gasteiger partial charge in [-0.3, -0.25) is 0 Å². The largest absolute Gasteiger partial charge is 0.491 e. The zero-order chi connectivity index (χ0) is 14.0. The quantitative estimate of drug-likeness (QED) is 0.934. The first-order valence-electron chi connectivity index (χ1n) is 6.21. The third-order valence-corrected chi connectivity index (χ3v) is 3.16. The summed E-state index contributed by atoms with van der Waals surface area (Å²) in [5.74, 6) is 1.34. The van der Waals surface area contributed by atoms with Gasteiger partial charge in [0.05, 0.1) is 18.3 Å². The SMILES string of the molecule is Cc1nn(Cc2cccc(OC(C)C)c2)c(N)c1Cl. The standard InChI is InChI=1S/C14H18ClN3O/c1-9(2)19-12-6-4-5-11(7-12)8-18-14(16)13(15)10(3)17-18/h4-7,9H,8,16H2,1-3H3. The lowest BCUT2D eigenvalue weighted by atomic mass is 10.2. The van der Waals surface area contributed by atoms with Crippen molar-refractivity contribution in [2.24, 2.45) is 0 Å². The third-order valence-electron chi connectivity index (χ3n) is 2.69. The predicted molar refractivity (Wildman–Crippen MR) is 77.7 cm³/mol. The number of nitrogen functional groups attached to an aromatic ring is 1. The van der Waals surface area contributed by atoms with Crippen molar-refractivity contribution in [2.45, 2.75) is 33.4 Å². The number of ether oxygens (including phenoxy) is 1. The third kappa shape index (κ3) is 3.20. The van der Waals surface area contributed by atoms with Gasteiger partial charge in [-0.2, -0.15) is 5.10 Å². The number of nitrogens with two attached hydrogens (primary N) is 1. The second-order valence-electron chi connectivity index (χ2n) is 4.76. The summed E-state index contributed by atoms with van der Waals surface area (Å²) in [6, 6.07) is 7.90. The molecule has 4 nitrogen and oxygen atoms in total. The fourth-order valence-corrected chi connectivity index (χ4v) is 2.00. The fourth-order valence-electron chi connectivity index (χ4n) is 1.86. The normalized spacial score (nSPS) is 11.0. The van der Waals surface area contributed by atoms with Crippen molar-refractivity contribution >= 4 is 17.4 Å². The van der Waals surface area contributed by atoms with E-state index in [2.05, 4.69) is 5.10 Å². The number of nitrogens with zero attached hydrogens (tertiary/aromatic N) is 2. The fraction of sp³-hybridized carbons (Fsp3) is 0.357. The van der Waals surface area contributed by atoms with Gasteiger partial charge in [0.15, 0.2) is 0 Å². The molecule has 1 aromatic carbocycles. The summed E-state index contributed by atoms with van der Waals surface area (Å²) in [5, 5.41) is 4.84. The summed E-state index contributed by atoms with van der Waals surface area (Å²) < 4.78 is 7.37. The summed E-state index contributed by atoms with van der Waals surface area (Å²) in [7, 11) is 0. The first-order valence-corrected chi connectivity index (χ1v) is 6.59. The van der Waals surface area contributed by atoms with Crippen molar-refractivity contribution in [2.75, 3.05) is 5.73 Å². The Labute approximate surface area is 118 Å². The van der Waals surface area contributed by atoms with E-state index < -0.39 is 0 Å². The summed E-state index contributed by atoms with van der Waals surface area (Å²) in [4.78, 5) is 0. The summed E-state index contributed by atoms with van der Waals surface area (Å²) in [6.07, 6.45) is 0.154. The maximum absolute atomic E-state index is 6.03. The zero-order valence-corrected chi connectivity index (χ0v) is 12.1. The van der Waals surface area contributed by atoms with Crippen LogP contribution < -0.4 is 10.5 Å². The Morgan fingerprint density at radius 3 is 2.74 bits per heavy atom. The van der Waals surface area contributed by atoms with Crippen LogP contribution in [0.15, 0.2) is 24.3 Å². The van der Waals surface area contributed by atoms with E-state index >= 15 is 0 Å². The predicted octanol–water partition coefficient (Wildman–Crippen LogP) is 3.26. The molecule has 1 heterocycles. The van der Waals surface area contributed by atoms with Crippen molar-refractivity contribution in [3.63, 3.8) is 0 Å². The zero-order valence-electron chi connectivity index (χ0n) is 11.4. The smallest absolute Gasteiger partial charge is 0.141 e. The Morgan fingerprint density at radius 1 is 1.42 bits per heavy atom. The lowest BCUT2D eigenvalue weighted by molar-refractivity contribution is 0.242. The molecule has 0 aliphatic heterocycles. The van der Waals surface area contributed by atoms with Crippen LogP contribution in [0, 0.1) is 6.92 Å². The minimum absolute atomic E-state index is 0.154. The minimum atomic E-state index is 0.154. The van der Waals surface area contributed by atoms with Gasteiger partial charge in [-0.1, -0.05) is 23.7 Å². The van der Waals surface area contributed by atoms with Crippen LogP contribution >= 0.6 is 11.6 Å². The molecule has 0 unspecified atom stereocenters. The molecule has 2 rings (SSSR count). The lowest BCUT2D eigenvalue weighted by Crippen LogP contribution is -2.08. The van der Waals surface area contributed by atoms with Crippen LogP contribution in [0.1, 0.15) is 25.1 Å². The molecule has 0 fully saturated rings. The van der Waals surface area contributed by atoms with Gasteiger partial charge in [-0.25, -0.2) is 4.68 Å². The van der Waals surface area contributed by atoms with Gasteiger partial charge < -0.3 is 10.5 Å². The minimum Gasteiger partial charge on any atom is -0.491 e. The van der Waals surface area contributed by atoms with Crippen LogP contribution in [-0.4, -0.2) is 15.9 Å². The molecule has 5 heteroatoms. The average Bonchev–Trinajstić information content (AvgIpc) is 2.57. The van der Waals surface area contributed by atoms with E-state index in [1.54, 1.807) is 4.68 Å². The number of halogens is 1. The number of rotatable bonds is 4. The van der Waals surface area contributed by atoms with Crippen LogP contribution in [-0.2, 0) is 6.54 Å². The number of hydrogen-bond donors (Lipinski definition) is 1. The van der Waals surface area contributed by atoms with E-state index in [-0.39, 0.29) is 6.10 Å². The highest BCUT2D eigenvalue weighted by Gasteiger charge is 2.10. The van der Waals surface area contributed by atoms with Gasteiger partial charge in [-0.05, 0) is 38.5 Å². The molecule has 102 valence electrons. The second-order valence-corrected chi connectivity index (χ2v) is 5.13. The lowest BCUT2D eigenvalue weighted by Gasteiger charge is -2.11. The summed E-state index contributed by atoms with van der Waals surface area (Å²) in [6.45, 7) is 6.42. The average molecular weight is 280 g/mol. The molecule has 0 amide bonds. The Kier molecular flexibility index (Phi) is 4.00. The van der Waals surface area contributed by atoms with Crippen molar-refractivity contribution in [1.29, 1.82) is 0 Å². The van der Waals surface area contributed by atoms with E-state index in [1.165, 1.54) is 0 Å². The molecule has 19 heavy (non-hydrogen) atoms. The molecule has 0 atom stereocenters. The van der Waals surface area contributed by atoms with Crippen molar-refractivity contribution in [1.82, 2.24) is 9.78 Å². The molecule has 0 spiro atoms. The number of benzene rings is 1. The first kappa shape index (κ1) is 13.7. The van der Waals surface area contributed by atoms with Crippen LogP contribution in [0.3, 0.4) is 0 Å². The molecule has 0 aliphatic carbocycles. The maximum Gasteiger partial charge on any atom is 0.141 e. The van der Waals surface area contributed by atoms with E-state index in [4.69, 9.17) is 22.1 Å². The molecule has 1 aromatic heterocycles. The maximum atomic E-state index is 6.03. The second kappa shape index (κ2) is 5.53. The Hall–Kier alpha value is -1.68. The van der Waals surface area contributed by atoms with Gasteiger partial charge >= 0.3 is 0 Å². The van der Waals surface area contributed by atoms with Gasteiger partial charge in [0.1, 0.15) is 16.6 Å². The van der Waals surface area contributed by atoms with Crippen molar-refractivity contribution in [3.05, 3.63) is 40.5 Å². The molecule has 0 saturated carbocycles. The highest BCUT2D eigenvalue weighted by atomic mass is 35.5. The van der Waals surface area contributed by atoms with E-state index in [1.807, 2.05) is 45.0 Å². The number of aryl methyl sites for hydroxylation is 1.